The van der Waals surface area contributed by atoms with E-state index in [9.17, 15) is 38.4 Å². The van der Waals surface area contributed by atoms with Crippen molar-refractivity contribution in [2.45, 2.75) is 384 Å². The van der Waals surface area contributed by atoms with Crippen molar-refractivity contribution >= 4 is 47.4 Å². The van der Waals surface area contributed by atoms with Gasteiger partial charge in [-0.2, -0.15) is 0 Å². The number of carbonyl (C=O) groups excluding carboxylic acids is 8. The summed E-state index contributed by atoms with van der Waals surface area (Å²) in [6.07, 6.45) is 34.9. The number of carbonyl (C=O) groups is 8. The highest BCUT2D eigenvalue weighted by Crippen LogP contribution is 2.72. The summed E-state index contributed by atoms with van der Waals surface area (Å²) in [5, 5.41) is 0. The van der Waals surface area contributed by atoms with E-state index in [2.05, 4.69) is 27.7 Å². The van der Waals surface area contributed by atoms with Crippen LogP contribution in [0.5, 0.6) is 0 Å². The fraction of sp³-hybridized carbons (Fsp3) is 0.922. The van der Waals surface area contributed by atoms with Crippen molar-refractivity contribution < 1.29 is 76.3 Å². The average Bonchev–Trinajstić information content (AvgIpc) is 1.52. The summed E-state index contributed by atoms with van der Waals surface area (Å²) in [5.74, 6) is 17.1. The van der Waals surface area contributed by atoms with Crippen molar-refractivity contribution in [2.75, 3.05) is 13.6 Å². The summed E-state index contributed by atoms with van der Waals surface area (Å²) in [6, 6.07) is 0. The molecule has 27 atom stereocenters. The Hall–Kier alpha value is -3.92. The van der Waals surface area contributed by atoms with E-state index in [1.54, 1.807) is 0 Å². The van der Waals surface area contributed by atoms with E-state index >= 15 is 0 Å². The molecule has 0 spiro atoms. The summed E-state index contributed by atoms with van der Waals surface area (Å²) in [6.45, 7) is 26.2. The number of hydrogen-bond acceptors (Lipinski definition) is 16. The lowest BCUT2D eigenvalue weighted by molar-refractivity contribution is -0.217. The summed E-state index contributed by atoms with van der Waals surface area (Å²) >= 11 is 0. The van der Waals surface area contributed by atoms with Crippen LogP contribution in [0.4, 0.5) is 0 Å². The lowest BCUT2D eigenvalue weighted by Gasteiger charge is -2.60. The van der Waals surface area contributed by atoms with E-state index in [0.717, 1.165) is 144 Å². The van der Waals surface area contributed by atoms with Crippen LogP contribution in [0, 0.1) is 200 Å². The van der Waals surface area contributed by atoms with Crippen LogP contribution in [-0.4, -0.2) is 96.6 Å². The van der Waals surface area contributed by atoms with Gasteiger partial charge in [0.15, 0.2) is 13.6 Å². The average molecular weight is 1650 g/mol. The third kappa shape index (κ3) is 16.9. The standard InChI is InChI=1S/C31H46O4.C30H44O4.C17H26O4.C16H24O4.8CH4/c1-5-30(3,4)29(33)34-25-15-19-14-24(25)27-22-12-18(26(19)27)13-23(22)28(32)35-31(6-2)20-8-16-7-17(10-20)11-21(31)9-16;1-5-29(2,3)28(32)33-24-14-18-13-23(24)26-21-11-17(25(18)26)12-22(21)27(31)34-30(4)19-7-15-6-16(9-19)10-20(30)8-15;1-4-17(2,3)16(19)21-9-20-15-12-6-10-5-11(8-12)14(18)13(15)7-10;1-3-9(2)16(18)20-8-19-15-12-5-10-4-11(7-12)14(17)13(15)6-10;;;;;;;;/h16-27H,5-15H2,1-4H3;15-26H,5-14H2,1-4H3;10-13,15H,4-9H2,1-3H3;9-13,15H,3-8H2,1-2H3;8*1H4. The van der Waals surface area contributed by atoms with Crippen molar-refractivity contribution in [2.24, 2.45) is 200 Å². The highest BCUT2D eigenvalue weighted by Gasteiger charge is 2.71. The van der Waals surface area contributed by atoms with Crippen molar-refractivity contribution in [1.82, 2.24) is 0 Å². The molecule has 27 unspecified atom stereocenters. The SMILES string of the molecule is C.C.C.C.C.C.C.C.CCC(C)(C)C(=O)OC1CC2CC1C1C3CC(CC3C(=O)OC3(C)C4CC5CC(C4)CC3C5)C21.CCC(C)(C)C(=O)OC1CC2CC1C1C3CC(CC3C(=O)OC3(CC)C4CC5CC(C4)CC3C5)C21.CCC(C)(C)C(=O)OCOC1C2CC3CC(C2)C(=O)C1C3.CCC(C)C(=O)OCOC1C2CC3CC(C2)C(=O)C1C3. The number of fused-ring (bicyclic) bond motifs is 18. The Morgan fingerprint density at radius 1 is 0.381 bits per heavy atom. The minimum atomic E-state index is -0.469. The predicted molar refractivity (Wildman–Crippen MR) is 465 cm³/mol. The molecule has 0 amide bonds. The number of ketones is 2. The number of rotatable bonds is 21. The number of Topliss-reactive ketones (excluding diaryl/α,β-unsaturated/α-hetero) is 2. The van der Waals surface area contributed by atoms with Crippen LogP contribution in [-0.2, 0) is 76.3 Å². The first-order valence-electron chi connectivity index (χ1n) is 46.0. The van der Waals surface area contributed by atoms with Gasteiger partial charge in [-0.1, -0.05) is 101 Å². The van der Waals surface area contributed by atoms with Crippen molar-refractivity contribution in [3.63, 3.8) is 0 Å². The lowest BCUT2D eigenvalue weighted by Crippen LogP contribution is -2.60. The van der Waals surface area contributed by atoms with E-state index in [0.29, 0.717) is 112 Å². The Balaban J connectivity index is 0.000000180. The molecule has 16 nitrogen and oxygen atoms in total. The largest absolute Gasteiger partial charge is 0.462 e. The van der Waals surface area contributed by atoms with Crippen LogP contribution < -0.4 is 0 Å². The van der Waals surface area contributed by atoms with Crippen LogP contribution in [0.1, 0.15) is 348 Å². The molecule has 24 bridgehead atoms. The fourth-order valence-electron chi connectivity index (χ4n) is 31.1. The molecule has 24 aliphatic carbocycles. The molecule has 0 aromatic heterocycles. The van der Waals surface area contributed by atoms with Gasteiger partial charge in [-0.05, 0) is 390 Å². The van der Waals surface area contributed by atoms with E-state index in [4.69, 9.17) is 37.9 Å². The smallest absolute Gasteiger partial charge is 0.313 e. The molecule has 0 aromatic carbocycles. The van der Waals surface area contributed by atoms with Crippen LogP contribution in [0.2, 0.25) is 0 Å². The maximum atomic E-state index is 13.9. The van der Waals surface area contributed by atoms with Gasteiger partial charge < -0.3 is 37.9 Å². The first-order valence-corrected chi connectivity index (χ1v) is 46.0. The van der Waals surface area contributed by atoms with Gasteiger partial charge in [0, 0.05) is 23.7 Å². The van der Waals surface area contributed by atoms with Crippen molar-refractivity contribution in [1.29, 1.82) is 0 Å². The summed E-state index contributed by atoms with van der Waals surface area (Å²) in [4.78, 5) is 101. The van der Waals surface area contributed by atoms with Gasteiger partial charge >= 0.3 is 35.8 Å². The molecule has 0 aromatic rings. The molecule has 16 heteroatoms. The monoisotopic (exact) mass is 1650 g/mol. The number of esters is 6. The molecule has 24 rings (SSSR count). The Morgan fingerprint density at radius 2 is 0.737 bits per heavy atom. The minimum absolute atomic E-state index is 0. The highest BCUT2D eigenvalue weighted by molar-refractivity contribution is 5.87. The first kappa shape index (κ1) is 97.9. The molecule has 0 radical (unpaired) electrons. The second-order valence-corrected chi connectivity index (χ2v) is 43.9. The van der Waals surface area contributed by atoms with Crippen molar-refractivity contribution in [3.8, 4) is 0 Å². The first-order chi connectivity index (χ1) is 52.4. The Morgan fingerprint density at radius 3 is 1.13 bits per heavy atom. The maximum Gasteiger partial charge on any atom is 0.313 e. The normalized spacial score (nSPS) is 44.7. The maximum absolute atomic E-state index is 13.9. The second kappa shape index (κ2) is 36.9. The van der Waals surface area contributed by atoms with Gasteiger partial charge in [0.25, 0.3) is 0 Å². The molecule has 0 saturated heterocycles. The quantitative estimate of drug-likeness (QED) is 0.0453. The van der Waals surface area contributed by atoms with Crippen LogP contribution in [0.15, 0.2) is 0 Å². The lowest BCUT2D eigenvalue weighted by atomic mass is 9.49. The molecule has 118 heavy (non-hydrogen) atoms. The molecule has 24 aliphatic rings. The van der Waals surface area contributed by atoms with E-state index in [1.807, 2.05) is 62.3 Å². The zero-order valence-electron chi connectivity index (χ0n) is 69.6. The van der Waals surface area contributed by atoms with Gasteiger partial charge in [-0.3, -0.25) is 38.4 Å². The molecule has 676 valence electrons. The van der Waals surface area contributed by atoms with Gasteiger partial charge in [0.1, 0.15) is 35.0 Å². The summed E-state index contributed by atoms with van der Waals surface area (Å²) in [5.41, 5.74) is -1.68. The Kier molecular flexibility index (Phi) is 30.6. The molecule has 0 heterocycles. The molecular formula is C102H172O16. The fourth-order valence-corrected chi connectivity index (χ4v) is 31.1. The predicted octanol–water partition coefficient (Wildman–Crippen LogP) is 23.0. The van der Waals surface area contributed by atoms with Crippen LogP contribution >= 0.6 is 0 Å². The topological polar surface area (TPSA) is 210 Å². The van der Waals surface area contributed by atoms with E-state index in [1.165, 1.54) is 103 Å². The van der Waals surface area contributed by atoms with Gasteiger partial charge in [-0.15, -0.1) is 0 Å². The molecule has 24 fully saturated rings. The Bertz CT molecular complexity index is 3460. The van der Waals surface area contributed by atoms with Crippen LogP contribution in [0.3, 0.4) is 0 Å². The van der Waals surface area contributed by atoms with E-state index in [-0.39, 0.29) is 180 Å². The molecule has 0 aliphatic heterocycles. The minimum Gasteiger partial charge on any atom is -0.462 e. The number of hydrogen-bond donors (Lipinski definition) is 0. The van der Waals surface area contributed by atoms with Gasteiger partial charge in [-0.25, -0.2) is 0 Å². The summed E-state index contributed by atoms with van der Waals surface area (Å²) in [7, 11) is 0. The van der Waals surface area contributed by atoms with Gasteiger partial charge in [0.05, 0.1) is 46.2 Å². The highest BCUT2D eigenvalue weighted by atomic mass is 16.7. The van der Waals surface area contributed by atoms with Crippen molar-refractivity contribution in [3.05, 3.63) is 0 Å². The second-order valence-electron chi connectivity index (χ2n) is 43.9. The molecule has 0 N–H and O–H groups in total. The van der Waals surface area contributed by atoms with Crippen LogP contribution in [0.25, 0.3) is 0 Å². The molecular weight excluding hydrogens is 1480 g/mol. The van der Waals surface area contributed by atoms with Gasteiger partial charge in [0.2, 0.25) is 0 Å². The third-order valence-electron chi connectivity index (χ3n) is 37.4. The zero-order valence-corrected chi connectivity index (χ0v) is 69.6. The van der Waals surface area contributed by atoms with E-state index < -0.39 is 16.2 Å². The molecule has 24 saturated carbocycles. The summed E-state index contributed by atoms with van der Waals surface area (Å²) < 4.78 is 47.8. The third-order valence-corrected chi connectivity index (χ3v) is 37.4. The number of ether oxygens (including phenoxy) is 8. The zero-order chi connectivity index (χ0) is 77.3. The Labute approximate surface area is 717 Å².